The number of fused-ring (bicyclic) bond motifs is 4. The second kappa shape index (κ2) is 8.26. The predicted octanol–water partition coefficient (Wildman–Crippen LogP) is 3.76. The third-order valence-electron chi connectivity index (χ3n) is 6.90. The van der Waals surface area contributed by atoms with Crippen LogP contribution in [0.25, 0.3) is 32.2 Å². The quantitative estimate of drug-likeness (QED) is 0.444. The number of anilines is 2. The van der Waals surface area contributed by atoms with Gasteiger partial charge in [0.15, 0.2) is 11.6 Å². The summed E-state index contributed by atoms with van der Waals surface area (Å²) in [5.74, 6) is -1.11. The highest BCUT2D eigenvalue weighted by atomic mass is 32.1. The molecule has 0 bridgehead atoms. The minimum Gasteiger partial charge on any atom is -0.389 e. The highest BCUT2D eigenvalue weighted by molar-refractivity contribution is 7.23. The van der Waals surface area contributed by atoms with Gasteiger partial charge in [0.25, 0.3) is 0 Å². The van der Waals surface area contributed by atoms with E-state index in [0.717, 1.165) is 17.5 Å². The van der Waals surface area contributed by atoms with Crippen LogP contribution in [0, 0.1) is 23.0 Å². The number of nitrogens with two attached hydrogens (primary N) is 1. The number of halogens is 3. The summed E-state index contributed by atoms with van der Waals surface area (Å²) in [6.45, 7) is 0.780. The molecule has 1 saturated heterocycles. The van der Waals surface area contributed by atoms with Crippen molar-refractivity contribution in [3.05, 3.63) is 40.7 Å². The smallest absolute Gasteiger partial charge is 0.226 e. The Morgan fingerprint density at radius 3 is 2.69 bits per heavy atom. The van der Waals surface area contributed by atoms with E-state index in [1.54, 1.807) is 23.9 Å². The van der Waals surface area contributed by atoms with Gasteiger partial charge in [-0.2, -0.15) is 5.26 Å². The Bertz CT molecular complexity index is 1600. The van der Waals surface area contributed by atoms with E-state index in [0.29, 0.717) is 23.1 Å². The van der Waals surface area contributed by atoms with Crippen LogP contribution in [-0.4, -0.2) is 59.3 Å². The van der Waals surface area contributed by atoms with Crippen LogP contribution in [-0.2, 0) is 18.0 Å². The van der Waals surface area contributed by atoms with Crippen LogP contribution < -0.4 is 10.6 Å². The van der Waals surface area contributed by atoms with Crippen LogP contribution in [0.2, 0.25) is 0 Å². The second-order valence-electron chi connectivity index (χ2n) is 9.14. The van der Waals surface area contributed by atoms with E-state index in [2.05, 4.69) is 15.0 Å². The van der Waals surface area contributed by atoms with Gasteiger partial charge in [0.1, 0.15) is 22.8 Å². The van der Waals surface area contributed by atoms with E-state index in [1.807, 2.05) is 6.07 Å². The molecule has 0 aliphatic carbocycles. The molecule has 4 aromatic rings. The molecule has 2 aliphatic heterocycles. The molecule has 1 aromatic carbocycles. The number of hydrogen-bond donors (Lipinski definition) is 1. The van der Waals surface area contributed by atoms with E-state index in [9.17, 15) is 14.0 Å². The van der Waals surface area contributed by atoms with Crippen molar-refractivity contribution in [3.8, 4) is 17.3 Å². The van der Waals surface area contributed by atoms with Crippen molar-refractivity contribution < 1.29 is 17.9 Å². The summed E-state index contributed by atoms with van der Waals surface area (Å²) >= 11 is 0.918. The number of benzene rings is 1. The van der Waals surface area contributed by atoms with Gasteiger partial charge in [0, 0.05) is 29.1 Å². The summed E-state index contributed by atoms with van der Waals surface area (Å²) < 4.78 is 51.3. The van der Waals surface area contributed by atoms with Crippen molar-refractivity contribution in [2.45, 2.75) is 25.4 Å². The Labute approximate surface area is 207 Å². The number of rotatable bonds is 3. The molecule has 2 N–H and O–H groups in total. The number of nitrogens with zero attached hydrogens (tertiary/aromatic N) is 6. The highest BCUT2D eigenvalue weighted by Gasteiger charge is 2.36. The fourth-order valence-corrected chi connectivity index (χ4v) is 6.01. The zero-order valence-corrected chi connectivity index (χ0v) is 20.2. The number of ether oxygens (including phenoxy) is 1. The van der Waals surface area contributed by atoms with Gasteiger partial charge in [-0.15, -0.1) is 11.3 Å². The Hall–Kier alpha value is -3.53. The molecule has 2 aliphatic rings. The number of aromatic nitrogens is 3. The van der Waals surface area contributed by atoms with E-state index in [4.69, 9.17) is 10.5 Å². The lowest BCUT2D eigenvalue weighted by Gasteiger charge is -2.21. The number of nitrogen functional groups attached to an aromatic ring is 1. The average Bonchev–Trinajstić information content (AvgIpc) is 3.57. The molecule has 0 saturated carbocycles. The van der Waals surface area contributed by atoms with Gasteiger partial charge in [-0.1, -0.05) is 0 Å². The van der Waals surface area contributed by atoms with Crippen molar-refractivity contribution in [2.24, 2.45) is 0 Å². The Morgan fingerprint density at radius 1 is 1.19 bits per heavy atom. The molecule has 8 nitrogen and oxygen atoms in total. The van der Waals surface area contributed by atoms with Crippen LogP contribution in [0.1, 0.15) is 16.7 Å². The van der Waals surface area contributed by atoms with Gasteiger partial charge in [0.2, 0.25) is 5.95 Å². The number of likely N-dealkylation sites (N-methyl/N-ethyl adjacent to an activating group) is 1. The predicted molar refractivity (Wildman–Crippen MR) is 130 cm³/mol. The molecule has 184 valence electrons. The first-order valence-corrected chi connectivity index (χ1v) is 12.0. The molecule has 0 unspecified atom stereocenters. The van der Waals surface area contributed by atoms with Crippen LogP contribution in [0.3, 0.4) is 0 Å². The largest absolute Gasteiger partial charge is 0.389 e. The lowest BCUT2D eigenvalue weighted by molar-refractivity contribution is 0.135. The molecule has 3 aromatic heterocycles. The van der Waals surface area contributed by atoms with Gasteiger partial charge < -0.3 is 20.3 Å². The number of hydrogen-bond acceptors (Lipinski definition) is 9. The summed E-state index contributed by atoms with van der Waals surface area (Å²) in [6.07, 6.45) is 1.43. The van der Waals surface area contributed by atoms with Crippen molar-refractivity contribution >= 4 is 43.3 Å². The SMILES string of the molecule is CN(C)[C@H]1CN(c2ncc3c4c(c(-c5ncc(F)c6sc(N)c(C#N)c56)c(F)c3n2)COC4)C[C@@H]1F. The van der Waals surface area contributed by atoms with Crippen LogP contribution in [0.5, 0.6) is 0 Å². The Kier molecular flexibility index (Phi) is 5.26. The monoisotopic (exact) mass is 511 g/mol. The molecule has 6 rings (SSSR count). The van der Waals surface area contributed by atoms with Crippen molar-refractivity contribution in [1.29, 1.82) is 5.26 Å². The number of alkyl halides is 1. The van der Waals surface area contributed by atoms with E-state index >= 15 is 4.39 Å². The minimum absolute atomic E-state index is 0.0314. The molecule has 0 spiro atoms. The zero-order chi connectivity index (χ0) is 25.3. The molecule has 12 heteroatoms. The first kappa shape index (κ1) is 22.9. The average molecular weight is 512 g/mol. The van der Waals surface area contributed by atoms with Gasteiger partial charge in [-0.25, -0.2) is 23.1 Å². The van der Waals surface area contributed by atoms with Gasteiger partial charge in [-0.3, -0.25) is 4.98 Å². The zero-order valence-electron chi connectivity index (χ0n) is 19.3. The van der Waals surface area contributed by atoms with Crippen molar-refractivity contribution in [1.82, 2.24) is 19.9 Å². The van der Waals surface area contributed by atoms with Gasteiger partial charge >= 0.3 is 0 Å². The molecule has 0 amide bonds. The summed E-state index contributed by atoms with van der Waals surface area (Å²) in [5.41, 5.74) is 7.50. The van der Waals surface area contributed by atoms with E-state index in [1.165, 1.54) is 6.20 Å². The molecule has 2 atom stereocenters. The summed E-state index contributed by atoms with van der Waals surface area (Å²) in [7, 11) is 3.61. The third kappa shape index (κ3) is 3.23. The fraction of sp³-hybridized carbons (Fsp3) is 0.333. The molecule has 5 heterocycles. The summed E-state index contributed by atoms with van der Waals surface area (Å²) in [4.78, 5) is 16.6. The normalized spacial score (nSPS) is 19.5. The van der Waals surface area contributed by atoms with E-state index in [-0.39, 0.29) is 69.2 Å². The minimum atomic E-state index is -1.10. The Balaban J connectivity index is 1.59. The van der Waals surface area contributed by atoms with Crippen LogP contribution in [0.15, 0.2) is 12.4 Å². The number of thiophene rings is 1. The maximum absolute atomic E-state index is 16.3. The first-order valence-electron chi connectivity index (χ1n) is 11.2. The van der Waals surface area contributed by atoms with Crippen LogP contribution in [0.4, 0.5) is 24.1 Å². The Morgan fingerprint density at radius 2 is 1.97 bits per heavy atom. The number of nitriles is 1. The van der Waals surface area contributed by atoms with Gasteiger partial charge in [-0.05, 0) is 25.2 Å². The molecular formula is C24H20F3N7OS. The van der Waals surface area contributed by atoms with Crippen molar-refractivity contribution in [3.63, 3.8) is 0 Å². The van der Waals surface area contributed by atoms with Crippen LogP contribution >= 0.6 is 11.3 Å². The maximum atomic E-state index is 16.3. The number of pyridine rings is 1. The van der Waals surface area contributed by atoms with Crippen molar-refractivity contribution in [2.75, 3.05) is 37.8 Å². The first-order chi connectivity index (χ1) is 17.3. The summed E-state index contributed by atoms with van der Waals surface area (Å²) in [6, 6.07) is 1.67. The highest BCUT2D eigenvalue weighted by Crippen LogP contribution is 2.45. The fourth-order valence-electron chi connectivity index (χ4n) is 5.09. The third-order valence-corrected chi connectivity index (χ3v) is 7.93. The topological polar surface area (TPSA) is 104 Å². The molecular weight excluding hydrogens is 491 g/mol. The molecule has 36 heavy (non-hydrogen) atoms. The van der Waals surface area contributed by atoms with Gasteiger partial charge in [0.05, 0.1) is 48.0 Å². The second-order valence-corrected chi connectivity index (χ2v) is 10.2. The standard InChI is InChI=1S/C24H20F3N7OS/c1-33(2)16-7-34(6-15(16)26)24-31-4-11-12-8-35-9-13(12)17(19(27)20(11)32-24)21-18-10(3-28)23(29)36-22(18)14(25)5-30-21/h4-5,15-16H,6-9,29H2,1-2H3/t15-,16-/m0/s1. The lowest BCUT2D eigenvalue weighted by Crippen LogP contribution is -2.36. The molecule has 0 radical (unpaired) electrons. The van der Waals surface area contributed by atoms with E-state index < -0.39 is 17.8 Å². The maximum Gasteiger partial charge on any atom is 0.226 e. The summed E-state index contributed by atoms with van der Waals surface area (Å²) in [5, 5.41) is 10.5. The molecule has 1 fully saturated rings. The lowest BCUT2D eigenvalue weighted by atomic mass is 9.94.